The van der Waals surface area contributed by atoms with Crippen molar-refractivity contribution in [1.82, 2.24) is 9.78 Å². The Morgan fingerprint density at radius 1 is 1.44 bits per heavy atom. The Hall–Kier alpha value is -1.29. The zero-order valence-electron chi connectivity index (χ0n) is 9.90. The standard InChI is InChI=1S/C12H17N3S/c1-9(2)15-8-11(6-14-15)13-7-12-5-4-10(3)16-12/h4-6,8-9,13H,7H2,1-3H3. The quantitative estimate of drug-likeness (QED) is 0.879. The van der Waals surface area contributed by atoms with E-state index in [0.29, 0.717) is 6.04 Å². The van der Waals surface area contributed by atoms with E-state index in [2.05, 4.69) is 43.3 Å². The molecule has 0 saturated heterocycles. The molecule has 0 unspecified atom stereocenters. The van der Waals surface area contributed by atoms with Crippen molar-refractivity contribution in [2.45, 2.75) is 33.4 Å². The predicted octanol–water partition coefficient (Wildman–Crippen LogP) is 3.45. The summed E-state index contributed by atoms with van der Waals surface area (Å²) >= 11 is 1.83. The Kier molecular flexibility index (Phi) is 3.29. The maximum atomic E-state index is 4.29. The third-order valence-electron chi connectivity index (χ3n) is 2.39. The minimum atomic E-state index is 0.416. The fourth-order valence-corrected chi connectivity index (χ4v) is 2.31. The number of nitrogens with zero attached hydrogens (tertiary/aromatic N) is 2. The van der Waals surface area contributed by atoms with Gasteiger partial charge in [-0.2, -0.15) is 5.10 Å². The zero-order chi connectivity index (χ0) is 11.5. The minimum absolute atomic E-state index is 0.416. The van der Waals surface area contributed by atoms with Crippen LogP contribution in [0.3, 0.4) is 0 Å². The number of thiophene rings is 1. The number of rotatable bonds is 4. The Labute approximate surface area is 100 Å². The number of hydrogen-bond acceptors (Lipinski definition) is 3. The molecule has 0 fully saturated rings. The third-order valence-corrected chi connectivity index (χ3v) is 3.39. The molecule has 1 N–H and O–H groups in total. The molecule has 0 saturated carbocycles. The Balaban J connectivity index is 1.94. The van der Waals surface area contributed by atoms with Crippen LogP contribution in [0, 0.1) is 6.92 Å². The molecule has 0 radical (unpaired) electrons. The molecule has 0 atom stereocenters. The highest BCUT2D eigenvalue weighted by molar-refractivity contribution is 7.11. The fraction of sp³-hybridized carbons (Fsp3) is 0.417. The highest BCUT2D eigenvalue weighted by Crippen LogP contribution is 2.17. The second-order valence-electron chi connectivity index (χ2n) is 4.17. The van der Waals surface area contributed by atoms with Crippen LogP contribution in [0.4, 0.5) is 5.69 Å². The molecule has 2 heterocycles. The smallest absolute Gasteiger partial charge is 0.0729 e. The molecule has 0 amide bonds. The second-order valence-corrected chi connectivity index (χ2v) is 5.54. The molecule has 0 aromatic carbocycles. The maximum Gasteiger partial charge on any atom is 0.0729 e. The average molecular weight is 235 g/mol. The lowest BCUT2D eigenvalue weighted by Crippen LogP contribution is -2.00. The lowest BCUT2D eigenvalue weighted by molar-refractivity contribution is 0.532. The number of anilines is 1. The van der Waals surface area contributed by atoms with Gasteiger partial charge in [0.1, 0.15) is 0 Å². The molecule has 0 aliphatic heterocycles. The van der Waals surface area contributed by atoms with Crippen molar-refractivity contribution in [1.29, 1.82) is 0 Å². The molecule has 2 aromatic rings. The summed E-state index contributed by atoms with van der Waals surface area (Å²) in [7, 11) is 0. The van der Waals surface area contributed by atoms with Crippen LogP contribution >= 0.6 is 11.3 Å². The van der Waals surface area contributed by atoms with E-state index in [0.717, 1.165) is 12.2 Å². The number of aromatic nitrogens is 2. The van der Waals surface area contributed by atoms with Crippen molar-refractivity contribution in [3.8, 4) is 0 Å². The summed E-state index contributed by atoms with van der Waals surface area (Å²) in [6, 6.07) is 4.73. The van der Waals surface area contributed by atoms with Crippen molar-refractivity contribution >= 4 is 17.0 Å². The summed E-state index contributed by atoms with van der Waals surface area (Å²) in [5.74, 6) is 0. The molecule has 0 aliphatic rings. The van der Waals surface area contributed by atoms with E-state index in [1.54, 1.807) is 0 Å². The van der Waals surface area contributed by atoms with Crippen LogP contribution < -0.4 is 5.32 Å². The van der Waals surface area contributed by atoms with Crippen LogP contribution in [0.1, 0.15) is 29.6 Å². The van der Waals surface area contributed by atoms with E-state index in [-0.39, 0.29) is 0 Å². The van der Waals surface area contributed by atoms with E-state index in [4.69, 9.17) is 0 Å². The van der Waals surface area contributed by atoms with Crippen LogP contribution in [0.15, 0.2) is 24.5 Å². The van der Waals surface area contributed by atoms with Crippen LogP contribution in [0.2, 0.25) is 0 Å². The van der Waals surface area contributed by atoms with Gasteiger partial charge in [-0.25, -0.2) is 0 Å². The van der Waals surface area contributed by atoms with Gasteiger partial charge in [-0.15, -0.1) is 11.3 Å². The van der Waals surface area contributed by atoms with Gasteiger partial charge in [-0.05, 0) is 32.9 Å². The largest absolute Gasteiger partial charge is 0.378 e. The van der Waals surface area contributed by atoms with Gasteiger partial charge in [0.05, 0.1) is 11.9 Å². The van der Waals surface area contributed by atoms with Gasteiger partial charge in [0.2, 0.25) is 0 Å². The van der Waals surface area contributed by atoms with Gasteiger partial charge in [0, 0.05) is 28.5 Å². The number of hydrogen-bond donors (Lipinski definition) is 1. The molecule has 86 valence electrons. The Bertz CT molecular complexity index is 456. The second kappa shape index (κ2) is 4.70. The van der Waals surface area contributed by atoms with Crippen LogP contribution in [0.25, 0.3) is 0 Å². The van der Waals surface area contributed by atoms with Gasteiger partial charge in [-0.3, -0.25) is 4.68 Å². The normalized spacial score (nSPS) is 11.0. The zero-order valence-corrected chi connectivity index (χ0v) is 10.7. The van der Waals surface area contributed by atoms with Gasteiger partial charge in [-0.1, -0.05) is 0 Å². The summed E-state index contributed by atoms with van der Waals surface area (Å²) < 4.78 is 1.96. The first-order chi connectivity index (χ1) is 7.65. The SMILES string of the molecule is Cc1ccc(CNc2cnn(C(C)C)c2)s1. The van der Waals surface area contributed by atoms with E-state index in [1.165, 1.54) is 9.75 Å². The average Bonchev–Trinajstić information content (AvgIpc) is 2.83. The molecule has 2 aromatic heterocycles. The van der Waals surface area contributed by atoms with Crippen LogP contribution in [0.5, 0.6) is 0 Å². The van der Waals surface area contributed by atoms with Gasteiger partial charge in [0.25, 0.3) is 0 Å². The van der Waals surface area contributed by atoms with Gasteiger partial charge >= 0.3 is 0 Å². The number of aryl methyl sites for hydroxylation is 1. The molecule has 0 aliphatic carbocycles. The van der Waals surface area contributed by atoms with Gasteiger partial charge < -0.3 is 5.32 Å². The van der Waals surface area contributed by atoms with E-state index < -0.39 is 0 Å². The molecule has 0 bridgehead atoms. The molecular formula is C12H17N3S. The minimum Gasteiger partial charge on any atom is -0.378 e. The molecule has 4 heteroatoms. The van der Waals surface area contributed by atoms with Gasteiger partial charge in [0.15, 0.2) is 0 Å². The maximum absolute atomic E-state index is 4.29. The first-order valence-electron chi connectivity index (χ1n) is 5.48. The highest BCUT2D eigenvalue weighted by Gasteiger charge is 2.02. The summed E-state index contributed by atoms with van der Waals surface area (Å²) in [5, 5.41) is 7.67. The molecular weight excluding hydrogens is 218 g/mol. The van der Waals surface area contributed by atoms with Crippen LogP contribution in [-0.2, 0) is 6.54 Å². The lowest BCUT2D eigenvalue weighted by Gasteiger charge is -2.03. The molecule has 0 spiro atoms. The molecule has 16 heavy (non-hydrogen) atoms. The van der Waals surface area contributed by atoms with Crippen molar-refractivity contribution in [3.05, 3.63) is 34.3 Å². The van der Waals surface area contributed by atoms with E-state index in [9.17, 15) is 0 Å². The van der Waals surface area contributed by atoms with Crippen molar-refractivity contribution in [2.75, 3.05) is 5.32 Å². The summed E-state index contributed by atoms with van der Waals surface area (Å²) in [5.41, 5.74) is 1.08. The third kappa shape index (κ3) is 2.64. The topological polar surface area (TPSA) is 29.9 Å². The van der Waals surface area contributed by atoms with Crippen molar-refractivity contribution in [3.63, 3.8) is 0 Å². The van der Waals surface area contributed by atoms with Crippen molar-refractivity contribution in [2.24, 2.45) is 0 Å². The fourth-order valence-electron chi connectivity index (χ4n) is 1.48. The van der Waals surface area contributed by atoms with Crippen molar-refractivity contribution < 1.29 is 0 Å². The Morgan fingerprint density at radius 2 is 2.25 bits per heavy atom. The van der Waals surface area contributed by atoms with E-state index >= 15 is 0 Å². The summed E-state index contributed by atoms with van der Waals surface area (Å²) in [4.78, 5) is 2.71. The monoisotopic (exact) mass is 235 g/mol. The summed E-state index contributed by atoms with van der Waals surface area (Å²) in [6.45, 7) is 7.26. The predicted molar refractivity (Wildman–Crippen MR) is 69.0 cm³/mol. The highest BCUT2D eigenvalue weighted by atomic mass is 32.1. The summed E-state index contributed by atoms with van der Waals surface area (Å²) in [6.07, 6.45) is 3.92. The Morgan fingerprint density at radius 3 is 2.81 bits per heavy atom. The number of nitrogens with one attached hydrogen (secondary N) is 1. The molecule has 3 nitrogen and oxygen atoms in total. The first-order valence-corrected chi connectivity index (χ1v) is 6.30. The van der Waals surface area contributed by atoms with E-state index in [1.807, 2.05) is 28.4 Å². The van der Waals surface area contributed by atoms with Crippen LogP contribution in [-0.4, -0.2) is 9.78 Å². The lowest BCUT2D eigenvalue weighted by atomic mass is 10.4. The first kappa shape index (κ1) is 11.2. The molecule has 2 rings (SSSR count).